The Bertz CT molecular complexity index is 1460. The van der Waals surface area contributed by atoms with Gasteiger partial charge in [0.05, 0.1) is 24.3 Å². The van der Waals surface area contributed by atoms with Crippen LogP contribution in [0.25, 0.3) is 6.08 Å². The average molecular weight is 571 g/mol. The summed E-state index contributed by atoms with van der Waals surface area (Å²) < 4.78 is 40.7. The maximum atomic E-state index is 12.6. The Morgan fingerprint density at radius 3 is 2.28 bits per heavy atom. The lowest BCUT2D eigenvalue weighted by Crippen LogP contribution is -2.13. The highest BCUT2D eigenvalue weighted by Crippen LogP contribution is 2.39. The molecule has 0 spiro atoms. The second kappa shape index (κ2) is 11.5. The van der Waals surface area contributed by atoms with Gasteiger partial charge in [0.1, 0.15) is 16.5 Å². The fourth-order valence-electron chi connectivity index (χ4n) is 2.97. The van der Waals surface area contributed by atoms with Crippen molar-refractivity contribution in [1.29, 1.82) is 5.26 Å². The molecule has 0 radical (unpaired) electrons. The van der Waals surface area contributed by atoms with Crippen LogP contribution in [-0.2, 0) is 19.6 Å². The second-order valence-electron chi connectivity index (χ2n) is 7.08. The monoisotopic (exact) mass is 570 g/mol. The van der Waals surface area contributed by atoms with Crippen LogP contribution in [0.1, 0.15) is 15.9 Å². The molecule has 11 heteroatoms. The van der Waals surface area contributed by atoms with Gasteiger partial charge in [-0.2, -0.15) is 13.7 Å². The van der Waals surface area contributed by atoms with Crippen molar-refractivity contribution >= 4 is 49.7 Å². The lowest BCUT2D eigenvalue weighted by Gasteiger charge is -2.13. The van der Waals surface area contributed by atoms with E-state index < -0.39 is 22.0 Å². The van der Waals surface area contributed by atoms with Crippen LogP contribution >= 0.6 is 15.9 Å². The number of halogens is 1. The third-order valence-electron chi connectivity index (χ3n) is 4.72. The fourth-order valence-corrected chi connectivity index (χ4v) is 4.60. The fraction of sp³-hybridized carbons (Fsp3) is 0.0800. The van der Waals surface area contributed by atoms with Crippen LogP contribution in [-0.4, -0.2) is 34.5 Å². The van der Waals surface area contributed by atoms with Gasteiger partial charge < -0.3 is 19.0 Å². The van der Waals surface area contributed by atoms with Crippen molar-refractivity contribution in [3.63, 3.8) is 0 Å². The van der Waals surface area contributed by atoms with Gasteiger partial charge in [0.25, 0.3) is 5.91 Å². The third-order valence-corrected chi connectivity index (χ3v) is 6.54. The number of nitriles is 1. The lowest BCUT2D eigenvalue weighted by atomic mass is 10.1. The molecule has 0 aliphatic carbocycles. The first kappa shape index (κ1) is 26.5. The molecular formula is C25H19BrN2O7S. The number of methoxy groups -OCH3 is 2. The molecule has 1 amide bonds. The van der Waals surface area contributed by atoms with Crippen molar-refractivity contribution < 1.29 is 31.7 Å². The third kappa shape index (κ3) is 6.29. The highest BCUT2D eigenvalue weighted by molar-refractivity contribution is 9.10. The number of hydrogen-bond donors (Lipinski definition) is 1. The van der Waals surface area contributed by atoms with Crippen LogP contribution in [0, 0.1) is 11.3 Å². The van der Waals surface area contributed by atoms with Crippen LogP contribution in [0.15, 0.2) is 81.7 Å². The first-order valence-corrected chi connectivity index (χ1v) is 12.4. The number of rotatable bonds is 8. The zero-order valence-electron chi connectivity index (χ0n) is 19.0. The predicted octanol–water partition coefficient (Wildman–Crippen LogP) is 4.56. The smallest absolute Gasteiger partial charge is 0.339 e. The van der Waals surface area contributed by atoms with E-state index >= 15 is 0 Å². The van der Waals surface area contributed by atoms with Gasteiger partial charge in [-0.3, -0.25) is 4.79 Å². The number of benzene rings is 3. The molecule has 0 aliphatic rings. The highest BCUT2D eigenvalue weighted by Gasteiger charge is 2.22. The van der Waals surface area contributed by atoms with Gasteiger partial charge in [0.2, 0.25) is 0 Å². The summed E-state index contributed by atoms with van der Waals surface area (Å²) in [6.45, 7) is 0. The molecule has 0 saturated carbocycles. The van der Waals surface area contributed by atoms with Crippen molar-refractivity contribution in [2.45, 2.75) is 4.90 Å². The van der Waals surface area contributed by atoms with Crippen LogP contribution < -0.4 is 14.2 Å². The van der Waals surface area contributed by atoms with Crippen molar-refractivity contribution in [1.82, 2.24) is 0 Å². The minimum Gasteiger partial charge on any atom is -0.493 e. The number of hydrogen-bond acceptors (Lipinski definition) is 8. The first-order chi connectivity index (χ1) is 17.2. The molecule has 9 nitrogen and oxygen atoms in total. The molecule has 0 aliphatic heterocycles. The first-order valence-electron chi connectivity index (χ1n) is 10.2. The normalized spacial score (nSPS) is 11.2. The van der Waals surface area contributed by atoms with Crippen molar-refractivity contribution in [3.8, 4) is 17.6 Å². The van der Waals surface area contributed by atoms with Gasteiger partial charge in [-0.1, -0.05) is 18.2 Å². The number of amides is 1. The van der Waals surface area contributed by atoms with E-state index in [0.717, 1.165) is 0 Å². The maximum Gasteiger partial charge on any atom is 0.339 e. The molecule has 36 heavy (non-hydrogen) atoms. The van der Waals surface area contributed by atoms with Gasteiger partial charge in [0.15, 0.2) is 11.5 Å². The minimum atomic E-state index is -4.14. The quantitative estimate of drug-likeness (QED) is 0.180. The molecule has 0 atom stereocenters. The molecule has 184 valence electrons. The molecule has 3 aromatic carbocycles. The van der Waals surface area contributed by atoms with Gasteiger partial charge >= 0.3 is 16.1 Å². The molecule has 3 rings (SSSR count). The van der Waals surface area contributed by atoms with Crippen molar-refractivity contribution in [2.75, 3.05) is 19.5 Å². The summed E-state index contributed by atoms with van der Waals surface area (Å²) in [5, 5.41) is 12.1. The van der Waals surface area contributed by atoms with Crippen LogP contribution in [0.4, 0.5) is 5.69 Å². The number of nitrogens with zero attached hydrogens (tertiary/aromatic N) is 1. The molecule has 0 fully saturated rings. The number of carbonyl (C=O) groups is 2. The lowest BCUT2D eigenvalue weighted by molar-refractivity contribution is -0.112. The van der Waals surface area contributed by atoms with E-state index in [1.54, 1.807) is 18.2 Å². The molecule has 1 N–H and O–H groups in total. The van der Waals surface area contributed by atoms with E-state index in [4.69, 9.17) is 8.92 Å². The van der Waals surface area contributed by atoms with Gasteiger partial charge in [-0.15, -0.1) is 0 Å². The topological polar surface area (TPSA) is 132 Å². The Hall–Kier alpha value is -4.14. The van der Waals surface area contributed by atoms with E-state index in [2.05, 4.69) is 26.0 Å². The number of nitrogens with one attached hydrogen (secondary N) is 1. The summed E-state index contributed by atoms with van der Waals surface area (Å²) in [5.41, 5.74) is 0.810. The highest BCUT2D eigenvalue weighted by atomic mass is 79.9. The largest absolute Gasteiger partial charge is 0.493 e. The summed E-state index contributed by atoms with van der Waals surface area (Å²) in [5.74, 6) is -1.24. The van der Waals surface area contributed by atoms with Gasteiger partial charge in [-0.05, 0) is 76.1 Å². The van der Waals surface area contributed by atoms with Crippen LogP contribution in [0.5, 0.6) is 11.5 Å². The second-order valence-corrected chi connectivity index (χ2v) is 9.48. The zero-order chi connectivity index (χ0) is 26.3. The summed E-state index contributed by atoms with van der Waals surface area (Å²) in [4.78, 5) is 24.1. The maximum absolute atomic E-state index is 12.6. The Morgan fingerprint density at radius 2 is 1.69 bits per heavy atom. The molecule has 3 aromatic rings. The summed E-state index contributed by atoms with van der Waals surface area (Å²) >= 11 is 3.27. The Kier molecular flexibility index (Phi) is 8.47. The molecular weight excluding hydrogens is 552 g/mol. The van der Waals surface area contributed by atoms with Gasteiger partial charge in [0, 0.05) is 5.69 Å². The van der Waals surface area contributed by atoms with Crippen molar-refractivity contribution in [2.24, 2.45) is 0 Å². The number of esters is 1. The Labute approximate surface area is 216 Å². The number of carbonyl (C=O) groups excluding carboxylic acids is 2. The Morgan fingerprint density at radius 1 is 1.03 bits per heavy atom. The van der Waals surface area contributed by atoms with Gasteiger partial charge in [-0.25, -0.2) is 4.79 Å². The SMILES string of the molecule is COC(=O)c1ccc(NC(=O)/C(C#N)=C/c2cc(Br)c(OS(=O)(=O)c3ccccc3)c(OC)c2)cc1. The van der Waals surface area contributed by atoms with E-state index in [-0.39, 0.29) is 26.4 Å². The zero-order valence-corrected chi connectivity index (χ0v) is 21.4. The minimum absolute atomic E-state index is 0.0361. The van der Waals surface area contributed by atoms with Crippen molar-refractivity contribution in [3.05, 3.63) is 87.9 Å². The molecule has 0 saturated heterocycles. The molecule has 0 bridgehead atoms. The predicted molar refractivity (Wildman–Crippen MR) is 135 cm³/mol. The summed E-state index contributed by atoms with van der Waals surface area (Å²) in [7, 11) is -1.55. The van der Waals surface area contributed by atoms with E-state index in [9.17, 15) is 23.3 Å². The Balaban J connectivity index is 1.86. The van der Waals surface area contributed by atoms with Crippen LogP contribution in [0.2, 0.25) is 0 Å². The average Bonchev–Trinajstić information content (AvgIpc) is 2.88. The number of ether oxygens (including phenoxy) is 2. The summed E-state index contributed by atoms with van der Waals surface area (Å²) in [6, 6.07) is 18.3. The summed E-state index contributed by atoms with van der Waals surface area (Å²) in [6.07, 6.45) is 1.31. The number of anilines is 1. The van der Waals surface area contributed by atoms with E-state index in [1.807, 2.05) is 6.07 Å². The molecule has 0 heterocycles. The van der Waals surface area contributed by atoms with E-state index in [0.29, 0.717) is 16.8 Å². The molecule has 0 unspecified atom stereocenters. The van der Waals surface area contributed by atoms with E-state index in [1.165, 1.54) is 68.8 Å². The van der Waals surface area contributed by atoms with Crippen LogP contribution in [0.3, 0.4) is 0 Å². The standard InChI is InChI=1S/C25H19BrN2O7S/c1-33-22-14-16(13-21(26)23(22)35-36(31,32)20-6-4-3-5-7-20)12-18(15-27)24(29)28-19-10-8-17(9-11-19)25(30)34-2/h3-14H,1-2H3,(H,28,29)/b18-12+. The molecule has 0 aromatic heterocycles.